The van der Waals surface area contributed by atoms with Crippen molar-refractivity contribution in [1.82, 2.24) is 5.32 Å². The summed E-state index contributed by atoms with van der Waals surface area (Å²) in [4.78, 5) is 33.1. The number of carboxylic acids is 2. The lowest BCUT2D eigenvalue weighted by molar-refractivity contribution is -0.159. The summed E-state index contributed by atoms with van der Waals surface area (Å²) in [6.45, 7) is 2.80. The summed E-state index contributed by atoms with van der Waals surface area (Å²) in [7, 11) is 0. The number of rotatable bonds is 3. The Kier molecular flexibility index (Phi) is 6.84. The van der Waals surface area contributed by atoms with Crippen molar-refractivity contribution in [2.24, 2.45) is 0 Å². The first-order valence-electron chi connectivity index (χ1n) is 10.1. The van der Waals surface area contributed by atoms with Gasteiger partial charge in [0.25, 0.3) is 0 Å². The van der Waals surface area contributed by atoms with E-state index in [9.17, 15) is 4.79 Å². The summed E-state index contributed by atoms with van der Waals surface area (Å²) in [5.41, 5.74) is 5.15. The van der Waals surface area contributed by atoms with Gasteiger partial charge in [-0.15, -0.1) is 0 Å². The number of nitrogens with zero attached hydrogens (tertiary/aromatic N) is 1. The van der Waals surface area contributed by atoms with Gasteiger partial charge < -0.3 is 15.1 Å². The summed E-state index contributed by atoms with van der Waals surface area (Å²) in [6.07, 6.45) is 4.39. The van der Waals surface area contributed by atoms with Crippen LogP contribution in [0.15, 0.2) is 48.5 Å². The summed E-state index contributed by atoms with van der Waals surface area (Å²) in [6, 6.07) is 17.0. The van der Waals surface area contributed by atoms with E-state index in [-0.39, 0.29) is 18.0 Å². The van der Waals surface area contributed by atoms with E-state index in [1.54, 1.807) is 0 Å². The van der Waals surface area contributed by atoms with Crippen LogP contribution in [0, 0.1) is 0 Å². The van der Waals surface area contributed by atoms with E-state index in [0.717, 1.165) is 31.5 Å². The molecule has 4 rings (SSSR count). The monoisotopic (exact) mass is 410 g/mol. The highest BCUT2D eigenvalue weighted by atomic mass is 16.4. The van der Waals surface area contributed by atoms with Crippen molar-refractivity contribution in [3.8, 4) is 0 Å². The number of carboxylic acid groups (broad SMARTS) is 2. The first-order chi connectivity index (χ1) is 14.4. The van der Waals surface area contributed by atoms with Crippen molar-refractivity contribution in [3.05, 3.63) is 65.2 Å². The molecule has 7 heteroatoms. The van der Waals surface area contributed by atoms with Gasteiger partial charge in [-0.2, -0.15) is 0 Å². The Hall–Kier alpha value is -3.19. The number of hydrogen-bond donors (Lipinski definition) is 3. The van der Waals surface area contributed by atoms with Gasteiger partial charge in [-0.1, -0.05) is 42.5 Å². The second-order valence-electron chi connectivity index (χ2n) is 7.51. The predicted octanol–water partition coefficient (Wildman–Crippen LogP) is 2.79. The van der Waals surface area contributed by atoms with Gasteiger partial charge in [0.2, 0.25) is 5.91 Å². The average Bonchev–Trinajstić information content (AvgIpc) is 3.18. The Balaban J connectivity index is 0.000000377. The first-order valence-corrected chi connectivity index (χ1v) is 10.1. The molecule has 2 unspecified atom stereocenters. The molecule has 1 amide bonds. The molecule has 7 nitrogen and oxygen atoms in total. The van der Waals surface area contributed by atoms with Gasteiger partial charge in [-0.05, 0) is 55.4 Å². The van der Waals surface area contributed by atoms with Gasteiger partial charge in [0.05, 0.1) is 6.04 Å². The predicted molar refractivity (Wildman–Crippen MR) is 112 cm³/mol. The van der Waals surface area contributed by atoms with Crippen LogP contribution in [-0.2, 0) is 27.2 Å². The highest BCUT2D eigenvalue weighted by Crippen LogP contribution is 2.31. The van der Waals surface area contributed by atoms with Gasteiger partial charge in [-0.25, -0.2) is 9.59 Å². The van der Waals surface area contributed by atoms with Gasteiger partial charge in [0.15, 0.2) is 0 Å². The van der Waals surface area contributed by atoms with Gasteiger partial charge in [0, 0.05) is 18.3 Å². The number of hydrogen-bond acceptors (Lipinski definition) is 4. The molecule has 0 bridgehead atoms. The van der Waals surface area contributed by atoms with Crippen molar-refractivity contribution in [2.75, 3.05) is 11.4 Å². The highest BCUT2D eigenvalue weighted by molar-refractivity contribution is 6.27. The third kappa shape index (κ3) is 4.86. The lowest BCUT2D eigenvalue weighted by atomic mass is 9.87. The van der Waals surface area contributed by atoms with Crippen LogP contribution in [0.3, 0.4) is 0 Å². The maximum absolute atomic E-state index is 13.0. The molecular formula is C23H26N2O5. The van der Waals surface area contributed by atoms with Crippen LogP contribution in [0.25, 0.3) is 0 Å². The highest BCUT2D eigenvalue weighted by Gasteiger charge is 2.30. The fraction of sp³-hybridized carbons (Fsp3) is 0.348. The van der Waals surface area contributed by atoms with E-state index in [4.69, 9.17) is 19.8 Å². The van der Waals surface area contributed by atoms with E-state index >= 15 is 0 Å². The molecular weight excluding hydrogens is 384 g/mol. The zero-order valence-corrected chi connectivity index (χ0v) is 16.9. The molecule has 0 radical (unpaired) electrons. The van der Waals surface area contributed by atoms with E-state index in [1.165, 1.54) is 23.1 Å². The zero-order chi connectivity index (χ0) is 21.7. The Bertz CT molecular complexity index is 931. The summed E-state index contributed by atoms with van der Waals surface area (Å²) in [5, 5.41) is 18.4. The lowest BCUT2D eigenvalue weighted by Crippen LogP contribution is -2.46. The number of benzene rings is 2. The zero-order valence-electron chi connectivity index (χ0n) is 16.9. The third-order valence-corrected chi connectivity index (χ3v) is 5.53. The largest absolute Gasteiger partial charge is 0.473 e. The smallest absolute Gasteiger partial charge is 0.414 e. The fourth-order valence-corrected chi connectivity index (χ4v) is 4.10. The van der Waals surface area contributed by atoms with Crippen molar-refractivity contribution in [1.29, 1.82) is 0 Å². The average molecular weight is 410 g/mol. The van der Waals surface area contributed by atoms with Crippen molar-refractivity contribution in [3.63, 3.8) is 0 Å². The maximum Gasteiger partial charge on any atom is 0.414 e. The molecule has 0 spiro atoms. The maximum atomic E-state index is 13.0. The second-order valence-corrected chi connectivity index (χ2v) is 7.51. The quantitative estimate of drug-likeness (QED) is 0.672. The van der Waals surface area contributed by atoms with Crippen molar-refractivity contribution >= 4 is 23.5 Å². The lowest BCUT2D eigenvalue weighted by Gasteiger charge is -2.30. The number of para-hydroxylation sites is 1. The summed E-state index contributed by atoms with van der Waals surface area (Å²) < 4.78 is 0. The number of aliphatic carboxylic acids is 2. The fourth-order valence-electron chi connectivity index (χ4n) is 4.10. The van der Waals surface area contributed by atoms with Gasteiger partial charge >= 0.3 is 11.9 Å². The van der Waals surface area contributed by atoms with E-state index in [1.807, 2.05) is 24.0 Å². The molecule has 0 fully saturated rings. The van der Waals surface area contributed by atoms with Crippen molar-refractivity contribution < 1.29 is 24.6 Å². The number of carbonyl (C=O) groups is 3. The Morgan fingerprint density at radius 3 is 2.30 bits per heavy atom. The Morgan fingerprint density at radius 1 is 0.967 bits per heavy atom. The van der Waals surface area contributed by atoms with Crippen LogP contribution in [0.4, 0.5) is 5.69 Å². The van der Waals surface area contributed by atoms with Gasteiger partial charge in [0.1, 0.15) is 0 Å². The van der Waals surface area contributed by atoms with Crippen LogP contribution in [-0.4, -0.2) is 40.6 Å². The summed E-state index contributed by atoms with van der Waals surface area (Å²) >= 11 is 0. The van der Waals surface area contributed by atoms with E-state index in [2.05, 4.69) is 41.7 Å². The number of carbonyl (C=O) groups excluding carboxylic acids is 1. The molecule has 1 aliphatic heterocycles. The minimum Gasteiger partial charge on any atom is -0.473 e. The number of aryl methyl sites for hydroxylation is 1. The molecule has 3 N–H and O–H groups in total. The minimum absolute atomic E-state index is 0.174. The summed E-state index contributed by atoms with van der Waals surface area (Å²) in [5.74, 6) is -3.46. The number of amides is 1. The molecule has 2 aromatic rings. The second kappa shape index (κ2) is 9.54. The van der Waals surface area contributed by atoms with Crippen molar-refractivity contribution in [2.45, 2.75) is 44.7 Å². The Morgan fingerprint density at radius 2 is 1.60 bits per heavy atom. The number of nitrogens with one attached hydrogen (secondary N) is 1. The molecule has 0 saturated heterocycles. The van der Waals surface area contributed by atoms with Gasteiger partial charge in [-0.3, -0.25) is 10.1 Å². The number of fused-ring (bicyclic) bond motifs is 2. The molecule has 1 aliphatic carbocycles. The SMILES string of the molecule is CC(NC1CCCc2ccccc21)C(=O)N1CCc2ccccc21.O=C(O)C(=O)O. The van der Waals surface area contributed by atoms with E-state index < -0.39 is 11.9 Å². The van der Waals surface area contributed by atoms with Crippen LogP contribution in [0.1, 0.15) is 42.5 Å². The molecule has 1 heterocycles. The molecule has 2 aliphatic rings. The first kappa shape index (κ1) is 21.5. The molecule has 2 aromatic carbocycles. The van der Waals surface area contributed by atoms with E-state index in [0.29, 0.717) is 0 Å². The standard InChI is InChI=1S/C21H24N2O.C2H2O4/c1-15(21(24)23-14-13-17-8-3-5-12-20(17)23)22-19-11-6-9-16-7-2-4-10-18(16)19;3-1(4)2(5)6/h2-5,7-8,10,12,15,19,22H,6,9,11,13-14H2,1H3;(H,3,4)(H,5,6). The Labute approximate surface area is 175 Å². The normalized spacial score (nSPS) is 17.8. The molecule has 30 heavy (non-hydrogen) atoms. The van der Waals surface area contributed by atoms with Crippen LogP contribution >= 0.6 is 0 Å². The van der Waals surface area contributed by atoms with Crippen LogP contribution < -0.4 is 10.2 Å². The van der Waals surface area contributed by atoms with Crippen LogP contribution in [0.2, 0.25) is 0 Å². The molecule has 0 aromatic heterocycles. The molecule has 0 saturated carbocycles. The third-order valence-electron chi connectivity index (χ3n) is 5.53. The minimum atomic E-state index is -1.82. The number of anilines is 1. The van der Waals surface area contributed by atoms with Crippen LogP contribution in [0.5, 0.6) is 0 Å². The molecule has 2 atom stereocenters. The topological polar surface area (TPSA) is 107 Å². The molecule has 158 valence electrons.